The van der Waals surface area contributed by atoms with Gasteiger partial charge in [-0.15, -0.1) is 0 Å². The quantitative estimate of drug-likeness (QED) is 0.931. The molecule has 1 heterocycles. The Morgan fingerprint density at radius 1 is 1.45 bits per heavy atom. The number of halogens is 2. The second-order valence-corrected chi connectivity index (χ2v) is 7.64. The predicted octanol–water partition coefficient (Wildman–Crippen LogP) is 2.63. The Bertz CT molecular complexity index is 618. The maximum absolute atomic E-state index is 13.0. The van der Waals surface area contributed by atoms with Crippen LogP contribution in [0.25, 0.3) is 0 Å². The van der Waals surface area contributed by atoms with Crippen LogP contribution < -0.4 is 5.32 Å². The van der Waals surface area contributed by atoms with Crippen LogP contribution in [0, 0.1) is 11.7 Å². The van der Waals surface area contributed by atoms with E-state index >= 15 is 0 Å². The van der Waals surface area contributed by atoms with Gasteiger partial charge in [0.2, 0.25) is 5.91 Å². The van der Waals surface area contributed by atoms with E-state index in [-0.39, 0.29) is 34.8 Å². The number of carbonyl (C=O) groups is 1. The third-order valence-corrected chi connectivity index (χ3v) is 5.41. The topological polar surface area (TPSA) is 63.2 Å². The largest absolute Gasteiger partial charge is 0.326 e. The van der Waals surface area contributed by atoms with Crippen molar-refractivity contribution in [1.82, 2.24) is 0 Å². The Labute approximate surface area is 122 Å². The van der Waals surface area contributed by atoms with E-state index in [4.69, 9.17) is 11.6 Å². The smallest absolute Gasteiger partial charge is 0.224 e. The Balaban J connectivity index is 1.93. The number of hydrogen-bond acceptors (Lipinski definition) is 3. The van der Waals surface area contributed by atoms with Crippen LogP contribution >= 0.6 is 11.6 Å². The van der Waals surface area contributed by atoms with E-state index in [1.165, 1.54) is 18.2 Å². The highest BCUT2D eigenvalue weighted by Crippen LogP contribution is 2.23. The molecule has 4 nitrogen and oxygen atoms in total. The second kappa shape index (κ2) is 6.10. The van der Waals surface area contributed by atoms with Crippen LogP contribution in [-0.2, 0) is 14.6 Å². The first-order valence-electron chi connectivity index (χ1n) is 6.31. The average molecular weight is 320 g/mol. The predicted molar refractivity (Wildman–Crippen MR) is 76.0 cm³/mol. The molecule has 1 saturated heterocycles. The highest BCUT2D eigenvalue weighted by Gasteiger charge is 2.26. The van der Waals surface area contributed by atoms with Gasteiger partial charge in [0.05, 0.1) is 16.5 Å². The van der Waals surface area contributed by atoms with Crippen LogP contribution in [0.2, 0.25) is 5.02 Å². The lowest BCUT2D eigenvalue weighted by molar-refractivity contribution is -0.117. The minimum Gasteiger partial charge on any atom is -0.326 e. The summed E-state index contributed by atoms with van der Waals surface area (Å²) in [5, 5.41) is 2.53. The van der Waals surface area contributed by atoms with Gasteiger partial charge in [0.25, 0.3) is 0 Å². The molecule has 1 fully saturated rings. The lowest BCUT2D eigenvalue weighted by Crippen LogP contribution is -2.28. The highest BCUT2D eigenvalue weighted by atomic mass is 35.5. The molecule has 1 aromatic carbocycles. The minimum absolute atomic E-state index is 0.0601. The molecular formula is C13H15ClFNO3S. The summed E-state index contributed by atoms with van der Waals surface area (Å²) in [6.45, 7) is 0. The zero-order valence-electron chi connectivity index (χ0n) is 10.7. The molecule has 110 valence electrons. The van der Waals surface area contributed by atoms with Crippen LogP contribution in [-0.4, -0.2) is 25.8 Å². The molecule has 1 N–H and O–H groups in total. The zero-order valence-corrected chi connectivity index (χ0v) is 12.3. The number of rotatable bonds is 3. The van der Waals surface area contributed by atoms with Crippen LogP contribution in [0.4, 0.5) is 10.1 Å². The van der Waals surface area contributed by atoms with E-state index in [1.807, 2.05) is 0 Å². The Kier molecular flexibility index (Phi) is 4.65. The molecule has 0 aliphatic carbocycles. The SMILES string of the molecule is O=C(CC1CCCS(=O)(=O)C1)Nc1ccc(F)c(Cl)c1. The molecule has 20 heavy (non-hydrogen) atoms. The van der Waals surface area contributed by atoms with Crippen LogP contribution in [0.1, 0.15) is 19.3 Å². The summed E-state index contributed by atoms with van der Waals surface area (Å²) in [5.41, 5.74) is 0.403. The van der Waals surface area contributed by atoms with Gasteiger partial charge in [-0.1, -0.05) is 11.6 Å². The van der Waals surface area contributed by atoms with Crippen molar-refractivity contribution in [3.05, 3.63) is 29.0 Å². The highest BCUT2D eigenvalue weighted by molar-refractivity contribution is 7.91. The molecule has 0 radical (unpaired) electrons. The van der Waals surface area contributed by atoms with E-state index in [9.17, 15) is 17.6 Å². The monoisotopic (exact) mass is 319 g/mol. The summed E-state index contributed by atoms with van der Waals surface area (Å²) < 4.78 is 36.0. The van der Waals surface area contributed by atoms with Gasteiger partial charge >= 0.3 is 0 Å². The maximum atomic E-state index is 13.0. The molecule has 1 atom stereocenters. The molecule has 1 aliphatic heterocycles. The second-order valence-electron chi connectivity index (χ2n) is 5.00. The lowest BCUT2D eigenvalue weighted by Gasteiger charge is -2.21. The van der Waals surface area contributed by atoms with E-state index in [0.29, 0.717) is 12.1 Å². The van der Waals surface area contributed by atoms with Gasteiger partial charge in [-0.3, -0.25) is 4.79 Å². The summed E-state index contributed by atoms with van der Waals surface area (Å²) in [5.74, 6) is -0.717. The average Bonchev–Trinajstić information content (AvgIpc) is 2.32. The number of anilines is 1. The van der Waals surface area contributed by atoms with E-state index in [2.05, 4.69) is 5.32 Å². The maximum Gasteiger partial charge on any atom is 0.224 e. The zero-order chi connectivity index (χ0) is 14.8. The molecule has 1 aliphatic rings. The molecule has 1 unspecified atom stereocenters. The number of amides is 1. The van der Waals surface area contributed by atoms with Crippen molar-refractivity contribution in [3.63, 3.8) is 0 Å². The molecule has 1 amide bonds. The van der Waals surface area contributed by atoms with Crippen molar-refractivity contribution in [2.45, 2.75) is 19.3 Å². The summed E-state index contributed by atoms with van der Waals surface area (Å²) in [4.78, 5) is 11.8. The van der Waals surface area contributed by atoms with E-state index in [0.717, 1.165) is 6.42 Å². The van der Waals surface area contributed by atoms with Gasteiger partial charge in [-0.05, 0) is 37.0 Å². The molecule has 0 spiro atoms. The number of carbonyl (C=O) groups excluding carboxylic acids is 1. The first-order chi connectivity index (χ1) is 9.35. The van der Waals surface area contributed by atoms with Gasteiger partial charge < -0.3 is 5.32 Å². The first kappa shape index (κ1) is 15.3. The standard InChI is InChI=1S/C13H15ClFNO3S/c14-11-7-10(3-4-12(11)15)16-13(17)6-9-2-1-5-20(18,19)8-9/h3-4,7,9H,1-2,5-6,8H2,(H,16,17). The van der Waals surface area contributed by atoms with Crippen molar-refractivity contribution >= 4 is 33.0 Å². The normalized spacial score (nSPS) is 21.4. The summed E-state index contributed by atoms with van der Waals surface area (Å²) in [6.07, 6.45) is 1.48. The number of hydrogen-bond donors (Lipinski definition) is 1. The number of sulfone groups is 1. The van der Waals surface area contributed by atoms with Crippen LogP contribution in [0.3, 0.4) is 0 Å². The summed E-state index contributed by atoms with van der Waals surface area (Å²) >= 11 is 5.62. The first-order valence-corrected chi connectivity index (χ1v) is 8.51. The van der Waals surface area contributed by atoms with E-state index in [1.54, 1.807) is 0 Å². The minimum atomic E-state index is -3.01. The molecule has 7 heteroatoms. The number of benzene rings is 1. The molecule has 0 saturated carbocycles. The van der Waals surface area contributed by atoms with Crippen molar-refractivity contribution < 1.29 is 17.6 Å². The van der Waals surface area contributed by atoms with Gasteiger partial charge in [0.15, 0.2) is 9.84 Å². The van der Waals surface area contributed by atoms with Crippen molar-refractivity contribution in [2.75, 3.05) is 16.8 Å². The van der Waals surface area contributed by atoms with Gasteiger partial charge in [0, 0.05) is 12.1 Å². The van der Waals surface area contributed by atoms with Gasteiger partial charge in [-0.2, -0.15) is 0 Å². The summed E-state index contributed by atoms with van der Waals surface area (Å²) in [7, 11) is -3.01. The third kappa shape index (κ3) is 4.18. The van der Waals surface area contributed by atoms with Crippen molar-refractivity contribution in [2.24, 2.45) is 5.92 Å². The van der Waals surface area contributed by atoms with Gasteiger partial charge in [0.1, 0.15) is 5.82 Å². The third-order valence-electron chi connectivity index (χ3n) is 3.23. The fourth-order valence-electron chi connectivity index (χ4n) is 2.33. The molecule has 1 aromatic rings. The lowest BCUT2D eigenvalue weighted by atomic mass is 10.0. The Morgan fingerprint density at radius 3 is 2.85 bits per heavy atom. The van der Waals surface area contributed by atoms with Crippen molar-refractivity contribution in [1.29, 1.82) is 0 Å². The van der Waals surface area contributed by atoms with Crippen LogP contribution in [0.15, 0.2) is 18.2 Å². The fraction of sp³-hybridized carbons (Fsp3) is 0.462. The fourth-order valence-corrected chi connectivity index (χ4v) is 4.28. The van der Waals surface area contributed by atoms with Crippen molar-refractivity contribution in [3.8, 4) is 0 Å². The Hall–Kier alpha value is -1.14. The summed E-state index contributed by atoms with van der Waals surface area (Å²) in [6, 6.07) is 3.91. The van der Waals surface area contributed by atoms with E-state index < -0.39 is 15.7 Å². The number of nitrogens with one attached hydrogen (secondary N) is 1. The Morgan fingerprint density at radius 2 is 2.20 bits per heavy atom. The van der Waals surface area contributed by atoms with Gasteiger partial charge in [-0.25, -0.2) is 12.8 Å². The molecular weight excluding hydrogens is 305 g/mol. The molecule has 0 bridgehead atoms. The van der Waals surface area contributed by atoms with Crippen LogP contribution in [0.5, 0.6) is 0 Å². The molecule has 2 rings (SSSR count). The molecule has 0 aromatic heterocycles.